The van der Waals surface area contributed by atoms with Gasteiger partial charge in [0.25, 0.3) is 0 Å². The molecule has 7 heteroatoms. The molecule has 0 saturated carbocycles. The molecule has 0 spiro atoms. The van der Waals surface area contributed by atoms with E-state index in [1.165, 1.54) is 5.56 Å². The first-order valence-corrected chi connectivity index (χ1v) is 10.8. The highest BCUT2D eigenvalue weighted by Gasteiger charge is 2.31. The first kappa shape index (κ1) is 21.7. The van der Waals surface area contributed by atoms with Gasteiger partial charge in [-0.1, -0.05) is 13.0 Å². The average Bonchev–Trinajstić information content (AvgIpc) is 3.36. The molecule has 168 valence electrons. The van der Waals surface area contributed by atoms with E-state index < -0.39 is 5.97 Å². The predicted octanol–water partition coefficient (Wildman–Crippen LogP) is 4.61. The molecule has 1 aliphatic rings. The summed E-state index contributed by atoms with van der Waals surface area (Å²) in [6.07, 6.45) is 2.35. The van der Waals surface area contributed by atoms with Crippen LogP contribution in [0.4, 0.5) is 5.69 Å². The fourth-order valence-electron chi connectivity index (χ4n) is 4.32. The number of hydrogen-bond donors (Lipinski definition) is 2. The summed E-state index contributed by atoms with van der Waals surface area (Å²) >= 11 is 0. The smallest absolute Gasteiger partial charge is 0.306 e. The van der Waals surface area contributed by atoms with Crippen LogP contribution in [0.3, 0.4) is 0 Å². The van der Waals surface area contributed by atoms with Crippen LogP contribution in [0, 0.1) is 12.8 Å². The second-order valence-electron chi connectivity index (χ2n) is 8.21. The molecule has 1 aromatic heterocycles. The van der Waals surface area contributed by atoms with E-state index in [2.05, 4.69) is 4.98 Å². The van der Waals surface area contributed by atoms with E-state index in [9.17, 15) is 9.90 Å². The van der Waals surface area contributed by atoms with Crippen LogP contribution in [0.1, 0.15) is 41.8 Å². The lowest BCUT2D eigenvalue weighted by atomic mass is 9.89. The van der Waals surface area contributed by atoms with Gasteiger partial charge in [0.05, 0.1) is 31.0 Å². The van der Waals surface area contributed by atoms with Crippen molar-refractivity contribution in [2.45, 2.75) is 39.0 Å². The molecule has 1 aliphatic carbocycles. The van der Waals surface area contributed by atoms with Gasteiger partial charge in [-0.25, -0.2) is 4.98 Å². The summed E-state index contributed by atoms with van der Waals surface area (Å²) in [6, 6.07) is 11.4. The number of aryl methyl sites for hydroxylation is 2. The molecule has 0 aliphatic heterocycles. The lowest BCUT2D eigenvalue weighted by Gasteiger charge is -2.16. The average molecular weight is 437 g/mol. The Morgan fingerprint density at radius 2 is 2.12 bits per heavy atom. The molecule has 4 rings (SSSR count). The molecule has 0 unspecified atom stereocenters. The van der Waals surface area contributed by atoms with E-state index in [-0.39, 0.29) is 11.8 Å². The van der Waals surface area contributed by atoms with Crippen molar-refractivity contribution in [3.8, 4) is 23.0 Å². The number of fused-ring (bicyclic) bond motifs is 1. The number of carboxylic acids is 1. The molecule has 0 bridgehead atoms. The number of nitrogen functional groups attached to an aromatic ring is 1. The summed E-state index contributed by atoms with van der Waals surface area (Å²) in [5, 5.41) is 9.33. The third kappa shape index (κ3) is 4.28. The van der Waals surface area contributed by atoms with E-state index in [4.69, 9.17) is 19.6 Å². The summed E-state index contributed by atoms with van der Waals surface area (Å²) in [5.41, 5.74) is 10.5. The van der Waals surface area contributed by atoms with E-state index in [1.54, 1.807) is 26.2 Å². The van der Waals surface area contributed by atoms with Gasteiger partial charge in [0.2, 0.25) is 5.89 Å². The fraction of sp³-hybridized carbons (Fsp3) is 0.360. The van der Waals surface area contributed by atoms with Gasteiger partial charge in [-0.05, 0) is 67.1 Å². The molecular weight excluding hydrogens is 408 g/mol. The Bertz CT molecular complexity index is 1140. The van der Waals surface area contributed by atoms with Gasteiger partial charge >= 0.3 is 5.97 Å². The molecular formula is C25H28N2O5. The van der Waals surface area contributed by atoms with Crippen LogP contribution < -0.4 is 15.2 Å². The van der Waals surface area contributed by atoms with Crippen LogP contribution in [0.2, 0.25) is 0 Å². The SMILES string of the molecule is COc1ccc(-c2nc(CCOc3ccc4c(c3)CC[C@H]4[C@H](C)C(=O)O)c(C)o2)cc1N. The van der Waals surface area contributed by atoms with Crippen molar-refractivity contribution in [1.82, 2.24) is 4.98 Å². The van der Waals surface area contributed by atoms with Crippen LogP contribution in [-0.4, -0.2) is 29.8 Å². The molecule has 32 heavy (non-hydrogen) atoms. The molecule has 0 amide bonds. The van der Waals surface area contributed by atoms with E-state index in [0.717, 1.165) is 41.2 Å². The minimum atomic E-state index is -0.747. The second-order valence-corrected chi connectivity index (χ2v) is 8.21. The molecule has 3 N–H and O–H groups in total. The first-order chi connectivity index (χ1) is 15.4. The number of rotatable bonds is 8. The number of anilines is 1. The van der Waals surface area contributed by atoms with Crippen LogP contribution in [0.5, 0.6) is 11.5 Å². The zero-order valence-electron chi connectivity index (χ0n) is 18.6. The van der Waals surface area contributed by atoms with E-state index in [0.29, 0.717) is 30.4 Å². The zero-order chi connectivity index (χ0) is 22.8. The number of nitrogens with zero attached hydrogens (tertiary/aromatic N) is 1. The van der Waals surface area contributed by atoms with Gasteiger partial charge in [-0.3, -0.25) is 4.79 Å². The molecule has 2 aromatic carbocycles. The zero-order valence-corrected chi connectivity index (χ0v) is 18.6. The van der Waals surface area contributed by atoms with Crippen LogP contribution in [0.25, 0.3) is 11.5 Å². The van der Waals surface area contributed by atoms with Gasteiger partial charge in [-0.15, -0.1) is 0 Å². The van der Waals surface area contributed by atoms with Gasteiger partial charge in [0.1, 0.15) is 17.3 Å². The molecule has 0 radical (unpaired) electrons. The van der Waals surface area contributed by atoms with Gasteiger partial charge < -0.3 is 24.7 Å². The Morgan fingerprint density at radius 1 is 1.31 bits per heavy atom. The van der Waals surface area contributed by atoms with Crippen molar-refractivity contribution >= 4 is 11.7 Å². The standard InChI is InChI=1S/C25H28N2O5/c1-14(25(28)29)19-7-4-16-12-18(6-8-20(16)19)31-11-10-22-15(2)32-24(27-22)17-5-9-23(30-3)21(26)13-17/h5-6,8-9,12-14,19H,4,7,10-11,26H2,1-3H3,(H,28,29)/t14-,19-/m0/s1. The summed E-state index contributed by atoms with van der Waals surface area (Å²) < 4.78 is 17.0. The summed E-state index contributed by atoms with van der Waals surface area (Å²) in [4.78, 5) is 16.0. The number of hydrogen-bond acceptors (Lipinski definition) is 6. The lowest BCUT2D eigenvalue weighted by molar-refractivity contribution is -0.141. The molecule has 3 aromatic rings. The van der Waals surface area contributed by atoms with Crippen molar-refractivity contribution in [2.75, 3.05) is 19.5 Å². The Morgan fingerprint density at radius 3 is 2.84 bits per heavy atom. The van der Waals surface area contributed by atoms with Crippen molar-refractivity contribution in [3.05, 3.63) is 59.0 Å². The number of benzene rings is 2. The van der Waals surface area contributed by atoms with Crippen molar-refractivity contribution < 1.29 is 23.8 Å². The maximum atomic E-state index is 11.4. The van der Waals surface area contributed by atoms with Crippen molar-refractivity contribution in [1.29, 1.82) is 0 Å². The minimum Gasteiger partial charge on any atom is -0.495 e. The number of ether oxygens (including phenoxy) is 2. The van der Waals surface area contributed by atoms with Gasteiger partial charge in [-0.2, -0.15) is 0 Å². The number of carboxylic acid groups (broad SMARTS) is 1. The fourth-order valence-corrected chi connectivity index (χ4v) is 4.32. The Labute approximate surface area is 187 Å². The lowest BCUT2D eigenvalue weighted by Crippen LogP contribution is -2.17. The monoisotopic (exact) mass is 436 g/mol. The van der Waals surface area contributed by atoms with E-state index >= 15 is 0 Å². The topological polar surface area (TPSA) is 108 Å². The van der Waals surface area contributed by atoms with Crippen LogP contribution in [0.15, 0.2) is 40.8 Å². The van der Waals surface area contributed by atoms with Gasteiger partial charge in [0.15, 0.2) is 0 Å². The number of carbonyl (C=O) groups is 1. The largest absolute Gasteiger partial charge is 0.495 e. The summed E-state index contributed by atoms with van der Waals surface area (Å²) in [6.45, 7) is 4.13. The maximum Gasteiger partial charge on any atom is 0.306 e. The molecule has 0 fully saturated rings. The van der Waals surface area contributed by atoms with Crippen LogP contribution in [-0.2, 0) is 17.6 Å². The number of aliphatic carboxylic acids is 1. The summed E-state index contributed by atoms with van der Waals surface area (Å²) in [5.74, 6) is 1.61. The van der Waals surface area contributed by atoms with Crippen molar-refractivity contribution in [2.24, 2.45) is 5.92 Å². The summed E-state index contributed by atoms with van der Waals surface area (Å²) in [7, 11) is 1.58. The normalized spacial score (nSPS) is 15.9. The molecule has 0 saturated heterocycles. The molecule has 7 nitrogen and oxygen atoms in total. The van der Waals surface area contributed by atoms with Gasteiger partial charge in [0, 0.05) is 12.0 Å². The molecule has 1 heterocycles. The Balaban J connectivity index is 1.39. The van der Waals surface area contributed by atoms with Crippen molar-refractivity contribution in [3.63, 3.8) is 0 Å². The second kappa shape index (κ2) is 8.94. The number of aromatic nitrogens is 1. The predicted molar refractivity (Wildman–Crippen MR) is 121 cm³/mol. The number of methoxy groups -OCH3 is 1. The quantitative estimate of drug-likeness (QED) is 0.496. The first-order valence-electron chi connectivity index (χ1n) is 10.8. The van der Waals surface area contributed by atoms with Crippen LogP contribution >= 0.6 is 0 Å². The highest BCUT2D eigenvalue weighted by molar-refractivity contribution is 5.71. The number of nitrogens with two attached hydrogens (primary N) is 1. The third-order valence-electron chi connectivity index (χ3n) is 6.21. The number of oxazole rings is 1. The Hall–Kier alpha value is -3.48. The maximum absolute atomic E-state index is 11.4. The molecule has 2 atom stereocenters. The van der Waals surface area contributed by atoms with E-state index in [1.807, 2.05) is 31.2 Å². The minimum absolute atomic E-state index is 0.0692. The Kier molecular flexibility index (Phi) is 6.08. The highest BCUT2D eigenvalue weighted by Crippen LogP contribution is 2.40. The highest BCUT2D eigenvalue weighted by atomic mass is 16.5. The third-order valence-corrected chi connectivity index (χ3v) is 6.21.